The third-order valence-corrected chi connectivity index (χ3v) is 5.19. The molecule has 1 atom stereocenters. The molecule has 3 nitrogen and oxygen atoms in total. The molecule has 0 radical (unpaired) electrons. The Kier molecular flexibility index (Phi) is 16.0. The lowest BCUT2D eigenvalue weighted by molar-refractivity contribution is -0.126. The average Bonchev–Trinajstić information content (AvgIpc) is 2.53. The average molecular weight is 344 g/mol. The fourth-order valence-corrected chi connectivity index (χ4v) is 3.68. The lowest BCUT2D eigenvalue weighted by Crippen LogP contribution is -2.41. The van der Waals surface area contributed by atoms with Crippen LogP contribution < -0.4 is 5.32 Å². The van der Waals surface area contributed by atoms with Gasteiger partial charge in [0, 0.05) is 19.1 Å². The minimum atomic E-state index is -0.300. The highest BCUT2D eigenvalue weighted by molar-refractivity contribution is 7.99. The van der Waals surface area contributed by atoms with Crippen molar-refractivity contribution < 1.29 is 9.59 Å². The Morgan fingerprint density at radius 3 is 1.87 bits per heavy atom. The highest BCUT2D eigenvalue weighted by atomic mass is 32.2. The van der Waals surface area contributed by atoms with Gasteiger partial charge in [-0.25, -0.2) is 0 Å². The molecular formula is C19H37NO2S. The quantitative estimate of drug-likeness (QED) is 0.395. The van der Waals surface area contributed by atoms with E-state index in [-0.39, 0.29) is 17.7 Å². The van der Waals surface area contributed by atoms with E-state index in [1.807, 2.05) is 6.92 Å². The Labute approximate surface area is 147 Å². The summed E-state index contributed by atoms with van der Waals surface area (Å²) in [5.41, 5.74) is 0. The molecule has 0 saturated heterocycles. The number of carbonyl (C=O) groups excluding carboxylic acids is 2. The molecule has 0 aliphatic heterocycles. The second-order valence-corrected chi connectivity index (χ2v) is 7.48. The Morgan fingerprint density at radius 1 is 0.870 bits per heavy atom. The maximum absolute atomic E-state index is 11.8. The zero-order valence-corrected chi connectivity index (χ0v) is 16.3. The van der Waals surface area contributed by atoms with Gasteiger partial charge in [-0.3, -0.25) is 9.59 Å². The number of nitrogens with one attached hydrogen (secondary N) is 1. The van der Waals surface area contributed by atoms with Crippen molar-refractivity contribution in [2.75, 3.05) is 11.5 Å². The van der Waals surface area contributed by atoms with E-state index in [9.17, 15) is 9.59 Å². The van der Waals surface area contributed by atoms with Crippen molar-refractivity contribution in [1.29, 1.82) is 0 Å². The second-order valence-electron chi connectivity index (χ2n) is 6.33. The van der Waals surface area contributed by atoms with E-state index in [0.29, 0.717) is 12.2 Å². The van der Waals surface area contributed by atoms with Gasteiger partial charge < -0.3 is 5.32 Å². The Bertz CT molecular complexity index is 308. The van der Waals surface area contributed by atoms with Gasteiger partial charge in [-0.2, -0.15) is 11.8 Å². The van der Waals surface area contributed by atoms with E-state index in [2.05, 4.69) is 12.2 Å². The van der Waals surface area contributed by atoms with Crippen LogP contribution in [0.25, 0.3) is 0 Å². The number of rotatable bonds is 16. The molecule has 0 rings (SSSR count). The van der Waals surface area contributed by atoms with Gasteiger partial charge in [0.25, 0.3) is 0 Å². The van der Waals surface area contributed by atoms with Gasteiger partial charge in [-0.15, -0.1) is 0 Å². The van der Waals surface area contributed by atoms with Crippen LogP contribution in [0.3, 0.4) is 0 Å². The highest BCUT2D eigenvalue weighted by Crippen LogP contribution is 2.13. The zero-order chi connectivity index (χ0) is 17.3. The van der Waals surface area contributed by atoms with Crippen LogP contribution in [0.4, 0.5) is 0 Å². The van der Waals surface area contributed by atoms with Crippen LogP contribution in [0.15, 0.2) is 0 Å². The summed E-state index contributed by atoms with van der Waals surface area (Å²) in [5, 5.41) is 2.76. The third kappa shape index (κ3) is 14.8. The minimum absolute atomic E-state index is 0.115. The molecule has 0 spiro atoms. The van der Waals surface area contributed by atoms with Crippen molar-refractivity contribution in [3.8, 4) is 0 Å². The minimum Gasteiger partial charge on any atom is -0.346 e. The van der Waals surface area contributed by atoms with Gasteiger partial charge in [0.1, 0.15) is 0 Å². The molecule has 0 aromatic rings. The SMILES string of the molecule is CCCCCCCCCCCCSC[C@H](NC(C)=O)C(=O)CC. The van der Waals surface area contributed by atoms with Gasteiger partial charge in [0.15, 0.2) is 5.78 Å². The van der Waals surface area contributed by atoms with Crippen molar-refractivity contribution >= 4 is 23.5 Å². The Hall–Kier alpha value is -0.510. The Balaban J connectivity index is 3.45. The van der Waals surface area contributed by atoms with Gasteiger partial charge >= 0.3 is 0 Å². The first-order valence-electron chi connectivity index (χ1n) is 9.49. The van der Waals surface area contributed by atoms with Crippen LogP contribution in [0, 0.1) is 0 Å². The standard InChI is InChI=1S/C19H37NO2S/c1-4-6-7-8-9-10-11-12-13-14-15-23-16-18(19(22)5-2)20-17(3)21/h18H,4-16H2,1-3H3,(H,20,21)/t18-/m0/s1. The predicted octanol–water partition coefficient (Wildman–Crippen LogP) is 5.12. The number of Topliss-reactive ketones (excluding diaryl/α,β-unsaturated/α-hetero) is 1. The van der Waals surface area contributed by atoms with Crippen molar-refractivity contribution in [1.82, 2.24) is 5.32 Å². The predicted molar refractivity (Wildman–Crippen MR) is 102 cm³/mol. The van der Waals surface area contributed by atoms with E-state index in [0.717, 1.165) is 5.75 Å². The molecule has 0 bridgehead atoms. The molecule has 4 heteroatoms. The summed E-state index contributed by atoms with van der Waals surface area (Å²) in [4.78, 5) is 22.9. The van der Waals surface area contributed by atoms with Crippen LogP contribution in [0.1, 0.15) is 91.4 Å². The van der Waals surface area contributed by atoms with Crippen molar-refractivity contribution in [3.63, 3.8) is 0 Å². The molecule has 0 saturated carbocycles. The lowest BCUT2D eigenvalue weighted by atomic mass is 10.1. The fraction of sp³-hybridized carbons (Fsp3) is 0.895. The van der Waals surface area contributed by atoms with Crippen LogP contribution in [0.2, 0.25) is 0 Å². The first-order chi connectivity index (χ1) is 11.1. The van der Waals surface area contributed by atoms with Gasteiger partial charge in [-0.05, 0) is 12.2 Å². The summed E-state index contributed by atoms with van der Waals surface area (Å²) < 4.78 is 0. The molecule has 23 heavy (non-hydrogen) atoms. The number of carbonyl (C=O) groups is 2. The molecule has 0 heterocycles. The molecule has 0 fully saturated rings. The number of hydrogen-bond acceptors (Lipinski definition) is 3. The van der Waals surface area contributed by atoms with Gasteiger partial charge in [-0.1, -0.05) is 71.6 Å². The fourth-order valence-electron chi connectivity index (χ4n) is 2.60. The van der Waals surface area contributed by atoms with E-state index in [1.165, 1.54) is 71.1 Å². The van der Waals surface area contributed by atoms with E-state index < -0.39 is 0 Å². The molecular weight excluding hydrogens is 306 g/mol. The third-order valence-electron chi connectivity index (χ3n) is 4.04. The molecule has 0 unspecified atom stereocenters. The monoisotopic (exact) mass is 343 g/mol. The maximum Gasteiger partial charge on any atom is 0.217 e. The van der Waals surface area contributed by atoms with Gasteiger partial charge in [0.05, 0.1) is 6.04 Å². The van der Waals surface area contributed by atoms with Crippen LogP contribution in [-0.4, -0.2) is 29.2 Å². The molecule has 0 aliphatic carbocycles. The van der Waals surface area contributed by atoms with E-state index in [1.54, 1.807) is 11.8 Å². The molecule has 1 amide bonds. The largest absolute Gasteiger partial charge is 0.346 e. The molecule has 0 aromatic carbocycles. The summed E-state index contributed by atoms with van der Waals surface area (Å²) in [5.74, 6) is 1.82. The first kappa shape index (κ1) is 22.5. The van der Waals surface area contributed by atoms with E-state index in [4.69, 9.17) is 0 Å². The smallest absolute Gasteiger partial charge is 0.217 e. The summed E-state index contributed by atoms with van der Waals surface area (Å²) >= 11 is 1.79. The zero-order valence-electron chi connectivity index (χ0n) is 15.5. The summed E-state index contributed by atoms with van der Waals surface area (Å²) in [6, 6.07) is -0.300. The van der Waals surface area contributed by atoms with E-state index >= 15 is 0 Å². The first-order valence-corrected chi connectivity index (χ1v) is 10.6. The van der Waals surface area contributed by atoms with Crippen molar-refractivity contribution in [2.45, 2.75) is 97.4 Å². The van der Waals surface area contributed by atoms with Crippen LogP contribution in [0.5, 0.6) is 0 Å². The second kappa shape index (κ2) is 16.4. The lowest BCUT2D eigenvalue weighted by Gasteiger charge is -2.15. The number of ketones is 1. The highest BCUT2D eigenvalue weighted by Gasteiger charge is 2.17. The normalized spacial score (nSPS) is 12.1. The molecule has 0 aromatic heterocycles. The maximum atomic E-state index is 11.8. The number of unbranched alkanes of at least 4 members (excludes halogenated alkanes) is 9. The summed E-state index contributed by atoms with van der Waals surface area (Å²) in [6.07, 6.45) is 14.0. The van der Waals surface area contributed by atoms with Crippen LogP contribution in [-0.2, 0) is 9.59 Å². The summed E-state index contributed by atoms with van der Waals surface area (Å²) in [6.45, 7) is 5.58. The Morgan fingerprint density at radius 2 is 1.39 bits per heavy atom. The number of hydrogen-bond donors (Lipinski definition) is 1. The van der Waals surface area contributed by atoms with Gasteiger partial charge in [0.2, 0.25) is 5.91 Å². The summed E-state index contributed by atoms with van der Waals surface area (Å²) in [7, 11) is 0. The van der Waals surface area contributed by atoms with Crippen LogP contribution >= 0.6 is 11.8 Å². The molecule has 1 N–H and O–H groups in total. The topological polar surface area (TPSA) is 46.2 Å². The number of thioether (sulfide) groups is 1. The molecule has 136 valence electrons. The number of amides is 1. The van der Waals surface area contributed by atoms with Crippen molar-refractivity contribution in [3.05, 3.63) is 0 Å². The van der Waals surface area contributed by atoms with Crippen molar-refractivity contribution in [2.24, 2.45) is 0 Å². The molecule has 0 aliphatic rings.